The second-order valence-corrected chi connectivity index (χ2v) is 5.48. The van der Waals surface area contributed by atoms with E-state index < -0.39 is 6.04 Å². The van der Waals surface area contributed by atoms with E-state index in [1.54, 1.807) is 4.90 Å². The van der Waals surface area contributed by atoms with Gasteiger partial charge < -0.3 is 16.4 Å². The van der Waals surface area contributed by atoms with Gasteiger partial charge in [0.1, 0.15) is 6.04 Å². The van der Waals surface area contributed by atoms with Crippen LogP contribution in [0.25, 0.3) is 0 Å². The largest absolute Gasteiger partial charge is 0.368 e. The maximum absolute atomic E-state index is 12.5. The fourth-order valence-corrected chi connectivity index (χ4v) is 3.35. The smallest absolute Gasteiger partial charge is 0.240 e. The number of halogens is 1. The molecule has 5 nitrogen and oxygen atoms in total. The molecule has 3 atom stereocenters. The van der Waals surface area contributed by atoms with Crippen molar-refractivity contribution in [1.29, 1.82) is 0 Å². The first kappa shape index (κ1) is 16.2. The molecule has 19 heavy (non-hydrogen) atoms. The summed E-state index contributed by atoms with van der Waals surface area (Å²) in [5, 5.41) is 0. The highest BCUT2D eigenvalue weighted by atomic mass is 35.5. The highest BCUT2D eigenvalue weighted by Crippen LogP contribution is 2.33. The zero-order valence-corrected chi connectivity index (χ0v) is 12.0. The molecule has 2 aliphatic rings. The first-order chi connectivity index (χ1) is 8.65. The van der Waals surface area contributed by atoms with Gasteiger partial charge in [-0.2, -0.15) is 0 Å². The summed E-state index contributed by atoms with van der Waals surface area (Å²) in [5.74, 6) is 0.0275. The Morgan fingerprint density at radius 3 is 2.47 bits per heavy atom. The second-order valence-electron chi connectivity index (χ2n) is 5.48. The Morgan fingerprint density at radius 1 is 1.11 bits per heavy atom. The average molecular weight is 290 g/mol. The third-order valence-electron chi connectivity index (χ3n) is 4.39. The summed E-state index contributed by atoms with van der Waals surface area (Å²) in [5.41, 5.74) is 11.1. The number of hydrogen-bond acceptors (Lipinski definition) is 3. The molecule has 2 fully saturated rings. The van der Waals surface area contributed by atoms with Crippen LogP contribution in [0.5, 0.6) is 0 Å². The number of nitrogens with zero attached hydrogens (tertiary/aromatic N) is 1. The quantitative estimate of drug-likeness (QED) is 0.799. The van der Waals surface area contributed by atoms with E-state index in [9.17, 15) is 9.59 Å². The Morgan fingerprint density at radius 2 is 1.84 bits per heavy atom. The van der Waals surface area contributed by atoms with E-state index in [0.29, 0.717) is 19.5 Å². The van der Waals surface area contributed by atoms with Gasteiger partial charge in [0, 0.05) is 12.5 Å². The predicted molar refractivity (Wildman–Crippen MR) is 75.7 cm³/mol. The van der Waals surface area contributed by atoms with Gasteiger partial charge in [0.25, 0.3) is 0 Å². The van der Waals surface area contributed by atoms with Gasteiger partial charge in [-0.05, 0) is 44.6 Å². The number of hydrogen-bond donors (Lipinski definition) is 2. The molecule has 0 aromatic heterocycles. The number of primary amides is 1. The molecule has 1 unspecified atom stereocenters. The van der Waals surface area contributed by atoms with Gasteiger partial charge in [-0.3, -0.25) is 9.59 Å². The minimum Gasteiger partial charge on any atom is -0.368 e. The van der Waals surface area contributed by atoms with Crippen LogP contribution < -0.4 is 11.5 Å². The summed E-state index contributed by atoms with van der Waals surface area (Å²) in [4.78, 5) is 25.7. The van der Waals surface area contributed by atoms with E-state index in [4.69, 9.17) is 11.5 Å². The number of nitrogens with two attached hydrogens (primary N) is 2. The maximum Gasteiger partial charge on any atom is 0.240 e. The molecule has 1 saturated heterocycles. The Bertz CT molecular complexity index is 338. The molecule has 0 aromatic carbocycles. The molecule has 6 heteroatoms. The minimum absolute atomic E-state index is 0. The van der Waals surface area contributed by atoms with Crippen LogP contribution >= 0.6 is 12.4 Å². The molecule has 1 aliphatic carbocycles. The molecule has 0 aromatic rings. The molecule has 0 bridgehead atoms. The molecule has 2 amide bonds. The fourth-order valence-electron chi connectivity index (χ4n) is 3.35. The predicted octanol–water partition coefficient (Wildman–Crippen LogP) is 0.650. The lowest BCUT2D eigenvalue weighted by Gasteiger charge is -2.36. The van der Waals surface area contributed by atoms with Crippen molar-refractivity contribution in [3.8, 4) is 0 Å². The van der Waals surface area contributed by atoms with Crippen molar-refractivity contribution in [1.82, 2.24) is 4.90 Å². The van der Waals surface area contributed by atoms with Crippen LogP contribution in [0, 0.1) is 11.8 Å². The van der Waals surface area contributed by atoms with E-state index in [1.165, 1.54) is 0 Å². The first-order valence-corrected chi connectivity index (χ1v) is 6.95. The second kappa shape index (κ2) is 7.10. The number of carbonyl (C=O) groups excluding carboxylic acids is 2. The van der Waals surface area contributed by atoms with E-state index in [-0.39, 0.29) is 36.1 Å². The SMILES string of the molecule is Cl.NC[C@H]1CCC[C@H]1C(=O)N1CCCCC1C(N)=O. The number of rotatable bonds is 3. The van der Waals surface area contributed by atoms with Crippen molar-refractivity contribution in [2.24, 2.45) is 23.3 Å². The molecule has 110 valence electrons. The van der Waals surface area contributed by atoms with Crippen LogP contribution in [-0.2, 0) is 9.59 Å². The first-order valence-electron chi connectivity index (χ1n) is 6.95. The molecule has 0 spiro atoms. The standard InChI is InChI=1S/C13H23N3O2.ClH/c14-8-9-4-3-5-10(9)13(18)16-7-2-1-6-11(16)12(15)17;/h9-11H,1-8,14H2,(H2,15,17);1H/t9-,10-,11?;/m1./s1. The highest BCUT2D eigenvalue weighted by molar-refractivity contribution is 5.88. The monoisotopic (exact) mass is 289 g/mol. The zero-order chi connectivity index (χ0) is 13.1. The number of amides is 2. The highest BCUT2D eigenvalue weighted by Gasteiger charge is 2.39. The summed E-state index contributed by atoms with van der Waals surface area (Å²) in [6.45, 7) is 1.23. The molecular weight excluding hydrogens is 266 g/mol. The lowest BCUT2D eigenvalue weighted by atomic mass is 9.92. The summed E-state index contributed by atoms with van der Waals surface area (Å²) >= 11 is 0. The Kier molecular flexibility index (Phi) is 6.07. The van der Waals surface area contributed by atoms with Crippen LogP contribution in [0.4, 0.5) is 0 Å². The van der Waals surface area contributed by atoms with E-state index in [2.05, 4.69) is 0 Å². The van der Waals surface area contributed by atoms with Crippen LogP contribution in [0.2, 0.25) is 0 Å². The maximum atomic E-state index is 12.5. The lowest BCUT2D eigenvalue weighted by molar-refractivity contribution is -0.145. The molecule has 4 N–H and O–H groups in total. The van der Waals surface area contributed by atoms with Crippen molar-refractivity contribution >= 4 is 24.2 Å². The van der Waals surface area contributed by atoms with Gasteiger partial charge in [0.2, 0.25) is 11.8 Å². The van der Waals surface area contributed by atoms with Crippen molar-refractivity contribution in [2.75, 3.05) is 13.1 Å². The van der Waals surface area contributed by atoms with Crippen LogP contribution in [0.1, 0.15) is 38.5 Å². The summed E-state index contributed by atoms with van der Waals surface area (Å²) in [6, 6.07) is -0.398. The molecule has 2 rings (SSSR count). The molecule has 1 aliphatic heterocycles. The van der Waals surface area contributed by atoms with Gasteiger partial charge in [-0.1, -0.05) is 6.42 Å². The van der Waals surface area contributed by atoms with Gasteiger partial charge in [0.05, 0.1) is 0 Å². The van der Waals surface area contributed by atoms with Crippen molar-refractivity contribution in [2.45, 2.75) is 44.6 Å². The van der Waals surface area contributed by atoms with E-state index in [0.717, 1.165) is 32.1 Å². The summed E-state index contributed by atoms with van der Waals surface area (Å²) in [7, 11) is 0. The molecular formula is C13H24ClN3O2. The lowest BCUT2D eigenvalue weighted by Crippen LogP contribution is -2.53. The number of likely N-dealkylation sites (tertiary alicyclic amines) is 1. The van der Waals surface area contributed by atoms with E-state index in [1.807, 2.05) is 0 Å². The van der Waals surface area contributed by atoms with Crippen molar-refractivity contribution in [3.05, 3.63) is 0 Å². The zero-order valence-electron chi connectivity index (χ0n) is 11.2. The van der Waals surface area contributed by atoms with Crippen molar-refractivity contribution in [3.63, 3.8) is 0 Å². The molecule has 0 radical (unpaired) electrons. The van der Waals surface area contributed by atoms with Crippen LogP contribution in [0.3, 0.4) is 0 Å². The summed E-state index contributed by atoms with van der Waals surface area (Å²) < 4.78 is 0. The fraction of sp³-hybridized carbons (Fsp3) is 0.846. The Hall–Kier alpha value is -0.810. The van der Waals surface area contributed by atoms with Crippen LogP contribution in [0.15, 0.2) is 0 Å². The molecule has 1 saturated carbocycles. The van der Waals surface area contributed by atoms with Gasteiger partial charge in [0.15, 0.2) is 0 Å². The Balaban J connectivity index is 0.00000180. The number of carbonyl (C=O) groups is 2. The van der Waals surface area contributed by atoms with Gasteiger partial charge in [-0.15, -0.1) is 12.4 Å². The molecule has 1 heterocycles. The van der Waals surface area contributed by atoms with Gasteiger partial charge >= 0.3 is 0 Å². The third-order valence-corrected chi connectivity index (χ3v) is 4.39. The third kappa shape index (κ3) is 3.39. The Labute approximate surface area is 120 Å². The summed E-state index contributed by atoms with van der Waals surface area (Å²) in [6.07, 6.45) is 5.65. The average Bonchev–Trinajstić information content (AvgIpc) is 2.86. The van der Waals surface area contributed by atoms with Crippen LogP contribution in [-0.4, -0.2) is 35.8 Å². The van der Waals surface area contributed by atoms with Crippen molar-refractivity contribution < 1.29 is 9.59 Å². The number of piperidine rings is 1. The normalized spacial score (nSPS) is 30.8. The van der Waals surface area contributed by atoms with Gasteiger partial charge in [-0.25, -0.2) is 0 Å². The minimum atomic E-state index is -0.398. The topological polar surface area (TPSA) is 89.4 Å². The van der Waals surface area contributed by atoms with E-state index >= 15 is 0 Å².